The van der Waals surface area contributed by atoms with Crippen molar-refractivity contribution in [3.8, 4) is 28.2 Å². The molecule has 0 aromatic heterocycles. The molecule has 0 bridgehead atoms. The lowest BCUT2D eigenvalue weighted by Crippen LogP contribution is -2.13. The number of carbonyl (C=O) groups is 2. The molecule has 13 heteroatoms. The first-order valence-corrected chi connectivity index (χ1v) is 10.3. The Kier molecular flexibility index (Phi) is 5.88. The highest BCUT2D eigenvalue weighted by Crippen LogP contribution is 2.46. The van der Waals surface area contributed by atoms with Crippen molar-refractivity contribution in [3.63, 3.8) is 0 Å². The summed E-state index contributed by atoms with van der Waals surface area (Å²) in [5.74, 6) is -14.6. The fourth-order valence-corrected chi connectivity index (χ4v) is 4.22. The molecule has 2 aromatic carbocycles. The van der Waals surface area contributed by atoms with E-state index in [1.807, 2.05) is 0 Å². The van der Waals surface area contributed by atoms with Crippen LogP contribution in [0, 0.1) is 29.1 Å². The maximum Gasteiger partial charge on any atom is 0.339 e. The maximum absolute atomic E-state index is 15.7. The smallest absolute Gasteiger partial charge is 0.339 e. The van der Waals surface area contributed by atoms with E-state index in [4.69, 9.17) is 9.52 Å². The van der Waals surface area contributed by atoms with Crippen LogP contribution < -0.4 is 5.43 Å². The van der Waals surface area contributed by atoms with Crippen LogP contribution >= 0.6 is 11.8 Å². The molecule has 4 rings (SSSR count). The van der Waals surface area contributed by atoms with E-state index in [-0.39, 0.29) is 11.8 Å². The zero-order valence-electron chi connectivity index (χ0n) is 16.8. The van der Waals surface area contributed by atoms with Crippen molar-refractivity contribution >= 4 is 34.7 Å². The zero-order chi connectivity index (χ0) is 25.8. The third-order valence-electron chi connectivity index (χ3n) is 4.93. The Morgan fingerprint density at radius 1 is 0.886 bits per heavy atom. The fraction of sp³-hybridized carbons (Fsp3) is 0.0455. The molecular weight excluding hydrogens is 503 g/mol. The molecule has 1 heterocycles. The minimum atomic E-state index is -2.16. The Morgan fingerprint density at radius 2 is 1.57 bits per heavy atom. The highest BCUT2D eigenvalue weighted by molar-refractivity contribution is 8.00. The number of aromatic carboxylic acids is 1. The predicted octanol–water partition coefficient (Wildman–Crippen LogP) is 4.84. The monoisotopic (exact) mass is 512 g/mol. The summed E-state index contributed by atoms with van der Waals surface area (Å²) < 4.78 is 79.0. The van der Waals surface area contributed by atoms with Crippen LogP contribution in [-0.4, -0.2) is 33.0 Å². The van der Waals surface area contributed by atoms with Crippen LogP contribution in [0.1, 0.15) is 10.4 Å². The van der Waals surface area contributed by atoms with E-state index in [1.54, 1.807) is 0 Å². The van der Waals surface area contributed by atoms with E-state index in [1.165, 1.54) is 0 Å². The Labute approximate surface area is 194 Å². The first-order valence-electron chi connectivity index (χ1n) is 9.29. The van der Waals surface area contributed by atoms with E-state index >= 15 is 4.39 Å². The average Bonchev–Trinajstić information content (AvgIpc) is 2.77. The molecule has 2 aliphatic rings. The molecule has 0 atom stereocenters. The van der Waals surface area contributed by atoms with E-state index in [9.17, 15) is 42.2 Å². The first-order chi connectivity index (χ1) is 16.4. The normalized spacial score (nSPS) is 11.3. The topological polar surface area (TPSA) is 125 Å². The maximum atomic E-state index is 15.7. The second kappa shape index (κ2) is 8.58. The van der Waals surface area contributed by atoms with Gasteiger partial charge >= 0.3 is 11.9 Å². The number of phenols is 1. The van der Waals surface area contributed by atoms with Crippen LogP contribution in [0.15, 0.2) is 38.4 Å². The van der Waals surface area contributed by atoms with Gasteiger partial charge in [0.25, 0.3) is 0 Å². The van der Waals surface area contributed by atoms with Gasteiger partial charge in [-0.3, -0.25) is 9.59 Å². The predicted molar refractivity (Wildman–Crippen MR) is 111 cm³/mol. The van der Waals surface area contributed by atoms with Crippen molar-refractivity contribution in [1.82, 2.24) is 0 Å². The van der Waals surface area contributed by atoms with Crippen LogP contribution in [0.25, 0.3) is 33.4 Å². The second-order valence-corrected chi connectivity index (χ2v) is 8.05. The van der Waals surface area contributed by atoms with E-state index in [2.05, 4.69) is 0 Å². The molecule has 0 saturated carbocycles. The number of carboxylic acid groups (broad SMARTS) is 2. The SMILES string of the molecule is O=C(O)CSc1c(F)c(F)c(C(=O)O)c(-c2c3cc(F)c(=O)cc-3oc3cc(O)c(F)cc23)c1F. The summed E-state index contributed by atoms with van der Waals surface area (Å²) in [4.78, 5) is 33.4. The number of hydrogen-bond donors (Lipinski definition) is 3. The third kappa shape index (κ3) is 3.93. The molecule has 180 valence electrons. The lowest BCUT2D eigenvalue weighted by atomic mass is 9.89. The lowest BCUT2D eigenvalue weighted by Gasteiger charge is -2.19. The minimum absolute atomic E-state index is 0.00311. The number of halogens is 5. The van der Waals surface area contributed by atoms with Crippen molar-refractivity contribution in [3.05, 3.63) is 69.1 Å². The summed E-state index contributed by atoms with van der Waals surface area (Å²) in [6.07, 6.45) is 0. The van der Waals surface area contributed by atoms with Crippen molar-refractivity contribution < 1.29 is 51.3 Å². The Morgan fingerprint density at radius 3 is 2.20 bits per heavy atom. The number of aromatic hydroxyl groups is 1. The molecule has 2 aromatic rings. The summed E-state index contributed by atoms with van der Waals surface area (Å²) in [5.41, 5.74) is -5.60. The number of aliphatic carboxylic acids is 1. The van der Waals surface area contributed by atoms with Gasteiger partial charge in [-0.25, -0.2) is 26.7 Å². The van der Waals surface area contributed by atoms with E-state index < -0.39 is 102 Å². The van der Waals surface area contributed by atoms with E-state index in [0.29, 0.717) is 24.3 Å². The summed E-state index contributed by atoms with van der Waals surface area (Å²) >= 11 is 0.00311. The Bertz CT molecular complexity index is 1600. The number of hydrogen-bond acceptors (Lipinski definition) is 6. The largest absolute Gasteiger partial charge is 0.505 e. The Balaban J connectivity index is 2.28. The standard InChI is InChI=1S/C22H9F5O7S/c23-8-1-6-12(3-10(8)28)34-13-4-11(29)9(24)2-7(13)15(6)16-17(22(32)33)18(25)20(27)21(19(16)26)35-5-14(30)31/h1-4,28H,5H2,(H,30,31)(H,32,33). The third-order valence-corrected chi connectivity index (χ3v) is 5.96. The molecule has 35 heavy (non-hydrogen) atoms. The highest BCUT2D eigenvalue weighted by Gasteiger charge is 2.33. The van der Waals surface area contributed by atoms with Crippen LogP contribution in [0.2, 0.25) is 0 Å². The van der Waals surface area contributed by atoms with Gasteiger partial charge in [-0.1, -0.05) is 0 Å². The van der Waals surface area contributed by atoms with Crippen molar-refractivity contribution in [2.24, 2.45) is 0 Å². The number of thioether (sulfide) groups is 1. The van der Waals surface area contributed by atoms with Gasteiger partial charge < -0.3 is 19.7 Å². The van der Waals surface area contributed by atoms with Crippen LogP contribution in [0.3, 0.4) is 0 Å². The fourth-order valence-electron chi connectivity index (χ4n) is 3.50. The molecule has 1 aliphatic carbocycles. The summed E-state index contributed by atoms with van der Waals surface area (Å²) in [7, 11) is 0. The van der Waals surface area contributed by atoms with Gasteiger partial charge in [-0.15, -0.1) is 11.8 Å². The molecule has 0 saturated heterocycles. The van der Waals surface area contributed by atoms with Crippen molar-refractivity contribution in [2.75, 3.05) is 5.75 Å². The quantitative estimate of drug-likeness (QED) is 0.150. The number of fused-ring (bicyclic) bond motifs is 2. The number of phenolic OH excluding ortho intramolecular Hbond substituents is 1. The van der Waals surface area contributed by atoms with Gasteiger partial charge in [0.2, 0.25) is 5.43 Å². The van der Waals surface area contributed by atoms with Gasteiger partial charge in [-0.05, 0) is 12.1 Å². The summed E-state index contributed by atoms with van der Waals surface area (Å²) in [6.45, 7) is 0. The average molecular weight is 512 g/mol. The van der Waals surface area contributed by atoms with Gasteiger partial charge in [0.1, 0.15) is 22.7 Å². The number of rotatable bonds is 5. The van der Waals surface area contributed by atoms with Crippen LogP contribution in [-0.2, 0) is 4.79 Å². The van der Waals surface area contributed by atoms with Gasteiger partial charge in [0.15, 0.2) is 29.0 Å². The number of benzene rings is 3. The van der Waals surface area contributed by atoms with Gasteiger partial charge in [0, 0.05) is 34.2 Å². The van der Waals surface area contributed by atoms with Gasteiger partial charge in [0.05, 0.1) is 10.6 Å². The summed E-state index contributed by atoms with van der Waals surface area (Å²) in [5, 5.41) is 27.6. The second-order valence-electron chi connectivity index (χ2n) is 7.06. The van der Waals surface area contributed by atoms with Crippen molar-refractivity contribution in [1.29, 1.82) is 0 Å². The molecule has 0 fully saturated rings. The van der Waals surface area contributed by atoms with Gasteiger partial charge in [-0.2, -0.15) is 0 Å². The zero-order valence-corrected chi connectivity index (χ0v) is 17.6. The molecule has 0 unspecified atom stereocenters. The van der Waals surface area contributed by atoms with Crippen LogP contribution in [0.5, 0.6) is 5.75 Å². The molecule has 1 aliphatic heterocycles. The first kappa shape index (κ1) is 24.0. The summed E-state index contributed by atoms with van der Waals surface area (Å²) in [6, 6.07) is 2.37. The molecule has 0 spiro atoms. The van der Waals surface area contributed by atoms with Crippen LogP contribution in [0.4, 0.5) is 22.0 Å². The lowest BCUT2D eigenvalue weighted by molar-refractivity contribution is -0.133. The molecule has 7 nitrogen and oxygen atoms in total. The molecule has 0 radical (unpaired) electrons. The highest BCUT2D eigenvalue weighted by atomic mass is 32.2. The minimum Gasteiger partial charge on any atom is -0.505 e. The molecule has 3 N–H and O–H groups in total. The number of carboxylic acids is 2. The molecule has 0 amide bonds. The van der Waals surface area contributed by atoms with Crippen molar-refractivity contribution in [2.45, 2.75) is 4.90 Å². The van der Waals surface area contributed by atoms with E-state index in [0.717, 1.165) is 0 Å². The molecular formula is C22H9F5O7S. The Hall–Kier alpha value is -4.13.